The monoisotopic (exact) mass is 269 g/mol. The summed E-state index contributed by atoms with van der Waals surface area (Å²) in [4.78, 5) is 27.7. The van der Waals surface area contributed by atoms with Crippen LogP contribution in [0.4, 0.5) is 4.79 Å². The molecular formula is C14H27N3O2. The van der Waals surface area contributed by atoms with Crippen molar-refractivity contribution in [1.82, 2.24) is 15.1 Å². The Morgan fingerprint density at radius 3 is 2.26 bits per heavy atom. The van der Waals surface area contributed by atoms with Crippen LogP contribution in [-0.4, -0.2) is 54.0 Å². The topological polar surface area (TPSA) is 52.7 Å². The number of likely N-dealkylation sites (tertiary alicyclic amines) is 1. The third-order valence-electron chi connectivity index (χ3n) is 3.86. The van der Waals surface area contributed by atoms with Crippen LogP contribution in [0.3, 0.4) is 0 Å². The van der Waals surface area contributed by atoms with Crippen molar-refractivity contribution in [2.45, 2.75) is 46.6 Å². The summed E-state index contributed by atoms with van der Waals surface area (Å²) in [5.74, 6) is 0.683. The van der Waals surface area contributed by atoms with E-state index >= 15 is 0 Å². The van der Waals surface area contributed by atoms with Crippen LogP contribution in [0.1, 0.15) is 40.5 Å². The average molecular weight is 269 g/mol. The molecule has 1 aliphatic rings. The number of nitrogens with one attached hydrogen (secondary N) is 1. The molecule has 0 spiro atoms. The fraction of sp³-hybridized carbons (Fsp3) is 0.857. The highest BCUT2D eigenvalue weighted by Crippen LogP contribution is 2.15. The van der Waals surface area contributed by atoms with E-state index in [1.165, 1.54) is 0 Å². The molecule has 19 heavy (non-hydrogen) atoms. The van der Waals surface area contributed by atoms with Gasteiger partial charge in [-0.3, -0.25) is 4.79 Å². The van der Waals surface area contributed by atoms with E-state index in [9.17, 15) is 9.59 Å². The van der Waals surface area contributed by atoms with Gasteiger partial charge < -0.3 is 15.1 Å². The predicted molar refractivity (Wildman–Crippen MR) is 75.9 cm³/mol. The first kappa shape index (κ1) is 15.8. The largest absolute Gasteiger partial charge is 0.341 e. The third kappa shape index (κ3) is 4.40. The van der Waals surface area contributed by atoms with Crippen LogP contribution < -0.4 is 5.32 Å². The van der Waals surface area contributed by atoms with E-state index in [0.717, 1.165) is 25.9 Å². The molecule has 1 atom stereocenters. The first-order valence-corrected chi connectivity index (χ1v) is 7.33. The van der Waals surface area contributed by atoms with Gasteiger partial charge in [0.25, 0.3) is 0 Å². The minimum Gasteiger partial charge on any atom is -0.341 e. The van der Waals surface area contributed by atoms with Crippen LogP contribution in [-0.2, 0) is 4.79 Å². The van der Waals surface area contributed by atoms with Crippen molar-refractivity contribution >= 4 is 11.9 Å². The van der Waals surface area contributed by atoms with Crippen LogP contribution in [0.15, 0.2) is 0 Å². The van der Waals surface area contributed by atoms with Gasteiger partial charge in [0.15, 0.2) is 0 Å². The van der Waals surface area contributed by atoms with E-state index in [-0.39, 0.29) is 11.9 Å². The fourth-order valence-corrected chi connectivity index (χ4v) is 2.36. The van der Waals surface area contributed by atoms with Crippen LogP contribution in [0.5, 0.6) is 0 Å². The van der Waals surface area contributed by atoms with Crippen molar-refractivity contribution in [1.29, 1.82) is 0 Å². The summed E-state index contributed by atoms with van der Waals surface area (Å²) in [5, 5.41) is 2.81. The van der Waals surface area contributed by atoms with Crippen LogP contribution in [0, 0.1) is 5.92 Å². The highest BCUT2D eigenvalue weighted by Gasteiger charge is 2.24. The molecule has 3 amide bonds. The van der Waals surface area contributed by atoms with Crippen molar-refractivity contribution in [2.75, 3.05) is 26.2 Å². The van der Waals surface area contributed by atoms with Gasteiger partial charge in [0.2, 0.25) is 5.91 Å². The molecule has 1 unspecified atom stereocenters. The molecule has 1 saturated heterocycles. The Morgan fingerprint density at radius 1 is 1.26 bits per heavy atom. The van der Waals surface area contributed by atoms with Gasteiger partial charge in [0.05, 0.1) is 0 Å². The van der Waals surface area contributed by atoms with Gasteiger partial charge >= 0.3 is 6.03 Å². The minimum absolute atomic E-state index is 0.0104. The minimum atomic E-state index is -0.452. The zero-order chi connectivity index (χ0) is 14.4. The van der Waals surface area contributed by atoms with Crippen molar-refractivity contribution in [3.05, 3.63) is 0 Å². The van der Waals surface area contributed by atoms with Crippen molar-refractivity contribution in [3.63, 3.8) is 0 Å². The molecule has 5 nitrogen and oxygen atoms in total. The normalized spacial score (nSPS) is 18.0. The van der Waals surface area contributed by atoms with Crippen LogP contribution in [0.2, 0.25) is 0 Å². The lowest BCUT2D eigenvalue weighted by molar-refractivity contribution is -0.132. The number of urea groups is 1. The molecule has 5 heteroatoms. The van der Waals surface area contributed by atoms with E-state index < -0.39 is 6.04 Å². The number of hydrogen-bond acceptors (Lipinski definition) is 2. The molecule has 1 fully saturated rings. The lowest BCUT2D eigenvalue weighted by atomic mass is 10.00. The second kappa shape index (κ2) is 7.36. The number of nitrogens with zero attached hydrogens (tertiary/aromatic N) is 2. The van der Waals surface area contributed by atoms with E-state index in [2.05, 4.69) is 12.2 Å². The van der Waals surface area contributed by atoms with Gasteiger partial charge in [-0.1, -0.05) is 6.92 Å². The first-order valence-electron chi connectivity index (χ1n) is 7.33. The molecule has 0 aromatic carbocycles. The number of hydrogen-bond donors (Lipinski definition) is 1. The average Bonchev–Trinajstić information content (AvgIpc) is 2.40. The van der Waals surface area contributed by atoms with Gasteiger partial charge in [-0.05, 0) is 39.5 Å². The predicted octanol–water partition coefficient (Wildman–Crippen LogP) is 1.68. The Bertz CT molecular complexity index is 308. The van der Waals surface area contributed by atoms with Crippen LogP contribution >= 0.6 is 0 Å². The molecule has 0 aromatic rings. The molecule has 1 heterocycles. The highest BCUT2D eigenvalue weighted by molar-refractivity contribution is 5.86. The number of piperidine rings is 1. The highest BCUT2D eigenvalue weighted by atomic mass is 16.2. The van der Waals surface area contributed by atoms with Crippen molar-refractivity contribution < 1.29 is 9.59 Å². The second-order valence-electron chi connectivity index (χ2n) is 5.35. The molecule has 0 aromatic heterocycles. The van der Waals surface area contributed by atoms with Gasteiger partial charge in [-0.2, -0.15) is 0 Å². The van der Waals surface area contributed by atoms with E-state index in [1.807, 2.05) is 18.7 Å². The maximum atomic E-state index is 12.1. The van der Waals surface area contributed by atoms with Crippen LogP contribution in [0.25, 0.3) is 0 Å². The molecule has 0 saturated carbocycles. The maximum Gasteiger partial charge on any atom is 0.318 e. The summed E-state index contributed by atoms with van der Waals surface area (Å²) in [7, 11) is 0. The summed E-state index contributed by atoms with van der Waals surface area (Å²) in [6.45, 7) is 10.8. The van der Waals surface area contributed by atoms with E-state index in [1.54, 1.807) is 11.8 Å². The maximum absolute atomic E-state index is 12.1. The molecule has 110 valence electrons. The van der Waals surface area contributed by atoms with E-state index in [4.69, 9.17) is 0 Å². The number of carbonyl (C=O) groups excluding carboxylic acids is 2. The lowest BCUT2D eigenvalue weighted by Crippen LogP contribution is -2.52. The number of rotatable bonds is 4. The molecular weight excluding hydrogens is 242 g/mol. The van der Waals surface area contributed by atoms with Gasteiger partial charge in [0, 0.05) is 26.2 Å². The Balaban J connectivity index is 2.45. The summed E-state index contributed by atoms with van der Waals surface area (Å²) in [6, 6.07) is -0.563. The molecule has 0 aliphatic carbocycles. The van der Waals surface area contributed by atoms with Gasteiger partial charge in [-0.25, -0.2) is 4.79 Å². The summed E-state index contributed by atoms with van der Waals surface area (Å²) < 4.78 is 0. The molecule has 1 aliphatic heterocycles. The van der Waals surface area contributed by atoms with Gasteiger partial charge in [-0.15, -0.1) is 0 Å². The summed E-state index contributed by atoms with van der Waals surface area (Å²) in [6.07, 6.45) is 2.09. The number of likely N-dealkylation sites (N-methyl/N-ethyl adjacent to an activating group) is 1. The Labute approximate surface area is 116 Å². The second-order valence-corrected chi connectivity index (χ2v) is 5.35. The smallest absolute Gasteiger partial charge is 0.318 e. The molecule has 0 radical (unpaired) electrons. The molecule has 1 rings (SSSR count). The SMILES string of the molecule is CCN(CC)C(=O)C(C)NC(=O)N1CCC(C)CC1. The Kier molecular flexibility index (Phi) is 6.12. The number of amides is 3. The Morgan fingerprint density at radius 2 is 1.79 bits per heavy atom. The Hall–Kier alpha value is -1.26. The quantitative estimate of drug-likeness (QED) is 0.844. The summed E-state index contributed by atoms with van der Waals surface area (Å²) in [5.41, 5.74) is 0. The van der Waals surface area contributed by atoms with E-state index in [0.29, 0.717) is 19.0 Å². The molecule has 1 N–H and O–H groups in total. The zero-order valence-corrected chi connectivity index (χ0v) is 12.6. The summed E-state index contributed by atoms with van der Waals surface area (Å²) >= 11 is 0. The van der Waals surface area contributed by atoms with Crippen molar-refractivity contribution in [3.8, 4) is 0 Å². The van der Waals surface area contributed by atoms with Crippen molar-refractivity contribution in [2.24, 2.45) is 5.92 Å². The zero-order valence-electron chi connectivity index (χ0n) is 12.6. The fourth-order valence-electron chi connectivity index (χ4n) is 2.36. The van der Waals surface area contributed by atoms with Gasteiger partial charge in [0.1, 0.15) is 6.04 Å². The number of carbonyl (C=O) groups is 2. The third-order valence-corrected chi connectivity index (χ3v) is 3.86. The first-order chi connectivity index (χ1) is 8.99. The standard InChI is InChI=1S/C14H27N3O2/c1-5-16(6-2)13(18)12(4)15-14(19)17-9-7-11(3)8-10-17/h11-12H,5-10H2,1-4H3,(H,15,19). The lowest BCUT2D eigenvalue weighted by Gasteiger charge is -2.32. The molecule has 0 bridgehead atoms.